The van der Waals surface area contributed by atoms with Crippen molar-refractivity contribution in [2.24, 2.45) is 0 Å². The summed E-state index contributed by atoms with van der Waals surface area (Å²) in [6.07, 6.45) is 0. The molecule has 0 saturated carbocycles. The largest absolute Gasteiger partial charge is 0.462 e. The Kier molecular flexibility index (Phi) is 8.63. The summed E-state index contributed by atoms with van der Waals surface area (Å²) >= 11 is 0. The first-order chi connectivity index (χ1) is 20.3. The molecule has 0 aliphatic carbocycles. The lowest BCUT2D eigenvalue weighted by molar-refractivity contribution is -0.384. The summed E-state index contributed by atoms with van der Waals surface area (Å²) in [4.78, 5) is 41.5. The standard InChI is InChI=1S/C32H32N4O6/c1-3-41-32(38)24-10-12-27(35-17-15-34(16-18-35)21-23-7-5-4-6-8-23)26(20-24)33-31(37)30-14-13-29(42-30)25-11-9-22(2)19-28(25)36(39)40/h4-14,19-20H,3,15-18,21H2,1-2H3,(H,33,37). The van der Waals surface area contributed by atoms with Gasteiger partial charge in [-0.2, -0.15) is 0 Å². The minimum absolute atomic E-state index is 0.0139. The number of benzene rings is 3. The molecule has 1 fully saturated rings. The molecule has 1 N–H and O–H groups in total. The molecule has 0 radical (unpaired) electrons. The van der Waals surface area contributed by atoms with E-state index in [0.717, 1.165) is 44.0 Å². The van der Waals surface area contributed by atoms with Gasteiger partial charge in [0.2, 0.25) is 0 Å². The van der Waals surface area contributed by atoms with Gasteiger partial charge in [-0.05, 0) is 61.4 Å². The molecular weight excluding hydrogens is 536 g/mol. The molecule has 1 aliphatic rings. The summed E-state index contributed by atoms with van der Waals surface area (Å²) in [6.45, 7) is 7.72. The third-order valence-corrected chi connectivity index (χ3v) is 7.16. The number of nitrogens with one attached hydrogen (secondary N) is 1. The van der Waals surface area contributed by atoms with E-state index in [-0.39, 0.29) is 29.4 Å². The van der Waals surface area contributed by atoms with Crippen LogP contribution in [0.25, 0.3) is 11.3 Å². The number of nitro benzene ring substituents is 1. The molecular formula is C32H32N4O6. The van der Waals surface area contributed by atoms with Crippen LogP contribution in [0.1, 0.15) is 39.0 Å². The molecule has 0 spiro atoms. The van der Waals surface area contributed by atoms with E-state index in [9.17, 15) is 19.7 Å². The van der Waals surface area contributed by atoms with Crippen molar-refractivity contribution in [1.82, 2.24) is 4.90 Å². The Morgan fingerprint density at radius 1 is 0.976 bits per heavy atom. The van der Waals surface area contributed by atoms with Gasteiger partial charge in [0, 0.05) is 38.8 Å². The van der Waals surface area contributed by atoms with E-state index in [0.29, 0.717) is 11.3 Å². The molecule has 0 atom stereocenters. The predicted molar refractivity (Wildman–Crippen MR) is 160 cm³/mol. The van der Waals surface area contributed by atoms with E-state index in [1.165, 1.54) is 23.8 Å². The quantitative estimate of drug-likeness (QED) is 0.150. The van der Waals surface area contributed by atoms with E-state index in [4.69, 9.17) is 9.15 Å². The normalized spacial score (nSPS) is 13.5. The molecule has 216 valence electrons. The molecule has 0 bridgehead atoms. The van der Waals surface area contributed by atoms with Gasteiger partial charge in [-0.15, -0.1) is 0 Å². The maximum absolute atomic E-state index is 13.3. The second kappa shape index (κ2) is 12.7. The van der Waals surface area contributed by atoms with Gasteiger partial charge in [-0.1, -0.05) is 36.4 Å². The Hall–Kier alpha value is -4.96. The van der Waals surface area contributed by atoms with E-state index < -0.39 is 16.8 Å². The summed E-state index contributed by atoms with van der Waals surface area (Å²) in [5, 5.41) is 14.5. The number of hydrogen-bond donors (Lipinski definition) is 1. The van der Waals surface area contributed by atoms with E-state index in [1.807, 2.05) is 24.3 Å². The third kappa shape index (κ3) is 6.50. The molecule has 2 heterocycles. The summed E-state index contributed by atoms with van der Waals surface area (Å²) in [5.74, 6) is -0.831. The fourth-order valence-corrected chi connectivity index (χ4v) is 5.03. The van der Waals surface area contributed by atoms with Crippen LogP contribution in [-0.4, -0.2) is 54.5 Å². The molecule has 10 heteroatoms. The highest BCUT2D eigenvalue weighted by molar-refractivity contribution is 6.05. The number of amides is 1. The van der Waals surface area contributed by atoms with Crippen LogP contribution in [0.2, 0.25) is 0 Å². The molecule has 1 amide bonds. The summed E-state index contributed by atoms with van der Waals surface area (Å²) in [6, 6.07) is 23.3. The van der Waals surface area contributed by atoms with Gasteiger partial charge >= 0.3 is 5.97 Å². The SMILES string of the molecule is CCOC(=O)c1ccc(N2CCN(Cc3ccccc3)CC2)c(NC(=O)c2ccc(-c3ccc(C)cc3[N+](=O)[O-])o2)c1. The van der Waals surface area contributed by atoms with Crippen molar-refractivity contribution in [2.75, 3.05) is 43.0 Å². The Bertz CT molecular complexity index is 1590. The van der Waals surface area contributed by atoms with Crippen molar-refractivity contribution in [2.45, 2.75) is 20.4 Å². The fourth-order valence-electron chi connectivity index (χ4n) is 5.03. The van der Waals surface area contributed by atoms with Crippen molar-refractivity contribution in [3.8, 4) is 11.3 Å². The van der Waals surface area contributed by atoms with Crippen LogP contribution in [0.3, 0.4) is 0 Å². The smallest absolute Gasteiger partial charge is 0.338 e. The maximum Gasteiger partial charge on any atom is 0.338 e. The average molecular weight is 569 g/mol. The fraction of sp³-hybridized carbons (Fsp3) is 0.250. The van der Waals surface area contributed by atoms with Gasteiger partial charge in [-0.25, -0.2) is 4.79 Å². The number of aryl methyl sites for hydroxylation is 1. The molecule has 5 rings (SSSR count). The van der Waals surface area contributed by atoms with Crippen LogP contribution >= 0.6 is 0 Å². The van der Waals surface area contributed by atoms with Crippen LogP contribution in [0, 0.1) is 17.0 Å². The number of anilines is 2. The number of piperazine rings is 1. The molecule has 1 aromatic heterocycles. The minimum Gasteiger partial charge on any atom is -0.462 e. The lowest BCUT2D eigenvalue weighted by atomic mass is 10.1. The van der Waals surface area contributed by atoms with Crippen molar-refractivity contribution in [3.05, 3.63) is 111 Å². The van der Waals surface area contributed by atoms with Gasteiger partial charge < -0.3 is 19.4 Å². The number of carbonyl (C=O) groups is 2. The Labute approximate surface area is 243 Å². The predicted octanol–water partition coefficient (Wildman–Crippen LogP) is 5.91. The number of rotatable bonds is 9. The van der Waals surface area contributed by atoms with Gasteiger partial charge in [0.25, 0.3) is 11.6 Å². The number of nitrogens with zero attached hydrogens (tertiary/aromatic N) is 3. The van der Waals surface area contributed by atoms with Gasteiger partial charge in [0.05, 0.1) is 34.0 Å². The average Bonchev–Trinajstić information content (AvgIpc) is 3.49. The van der Waals surface area contributed by atoms with E-state index in [2.05, 4.69) is 27.2 Å². The van der Waals surface area contributed by atoms with E-state index in [1.54, 1.807) is 38.1 Å². The number of ether oxygens (including phenoxy) is 1. The van der Waals surface area contributed by atoms with Crippen LogP contribution < -0.4 is 10.2 Å². The number of carbonyl (C=O) groups excluding carboxylic acids is 2. The van der Waals surface area contributed by atoms with Gasteiger partial charge in [0.15, 0.2) is 5.76 Å². The van der Waals surface area contributed by atoms with Gasteiger partial charge in [0.1, 0.15) is 5.76 Å². The molecule has 10 nitrogen and oxygen atoms in total. The number of nitro groups is 1. The maximum atomic E-state index is 13.3. The molecule has 42 heavy (non-hydrogen) atoms. The third-order valence-electron chi connectivity index (χ3n) is 7.16. The topological polar surface area (TPSA) is 118 Å². The Morgan fingerprint density at radius 3 is 2.45 bits per heavy atom. The highest BCUT2D eigenvalue weighted by Crippen LogP contribution is 2.33. The highest BCUT2D eigenvalue weighted by atomic mass is 16.6. The zero-order valence-electron chi connectivity index (χ0n) is 23.5. The zero-order valence-corrected chi connectivity index (χ0v) is 23.5. The molecule has 4 aromatic rings. The first kappa shape index (κ1) is 28.6. The Morgan fingerprint density at radius 2 is 1.74 bits per heavy atom. The second-order valence-corrected chi connectivity index (χ2v) is 10.1. The van der Waals surface area contributed by atoms with Crippen molar-refractivity contribution >= 4 is 28.9 Å². The number of furan rings is 1. The summed E-state index contributed by atoms with van der Waals surface area (Å²) in [5.41, 5.74) is 3.71. The molecule has 3 aromatic carbocycles. The monoisotopic (exact) mass is 568 g/mol. The lowest BCUT2D eigenvalue weighted by Gasteiger charge is -2.37. The number of hydrogen-bond acceptors (Lipinski definition) is 8. The first-order valence-electron chi connectivity index (χ1n) is 13.8. The lowest BCUT2D eigenvalue weighted by Crippen LogP contribution is -2.46. The highest BCUT2D eigenvalue weighted by Gasteiger charge is 2.24. The first-order valence-corrected chi connectivity index (χ1v) is 13.8. The van der Waals surface area contributed by atoms with Crippen LogP contribution in [0.15, 0.2) is 83.3 Å². The molecule has 0 unspecified atom stereocenters. The molecule has 1 saturated heterocycles. The van der Waals surface area contributed by atoms with Crippen LogP contribution in [0.4, 0.5) is 17.1 Å². The van der Waals surface area contributed by atoms with Crippen molar-refractivity contribution < 1.29 is 23.7 Å². The van der Waals surface area contributed by atoms with Crippen molar-refractivity contribution in [1.29, 1.82) is 0 Å². The van der Waals surface area contributed by atoms with Crippen LogP contribution in [0.5, 0.6) is 0 Å². The number of esters is 1. The van der Waals surface area contributed by atoms with Gasteiger partial charge in [-0.3, -0.25) is 19.8 Å². The van der Waals surface area contributed by atoms with E-state index >= 15 is 0 Å². The van der Waals surface area contributed by atoms with Crippen molar-refractivity contribution in [3.63, 3.8) is 0 Å². The Balaban J connectivity index is 1.36. The second-order valence-electron chi connectivity index (χ2n) is 10.1. The summed E-state index contributed by atoms with van der Waals surface area (Å²) < 4.78 is 11.0. The summed E-state index contributed by atoms with van der Waals surface area (Å²) in [7, 11) is 0. The zero-order chi connectivity index (χ0) is 29.6. The minimum atomic E-state index is -0.541. The molecule has 1 aliphatic heterocycles. The van der Waals surface area contributed by atoms with Crippen LogP contribution in [-0.2, 0) is 11.3 Å².